The molecule has 0 aromatic heterocycles. The molecule has 0 fully saturated rings. The van der Waals surface area contributed by atoms with Crippen molar-refractivity contribution in [1.82, 2.24) is 0 Å². The molecule has 0 saturated heterocycles. The summed E-state index contributed by atoms with van der Waals surface area (Å²) in [6.45, 7) is 3.14. The number of aliphatic hydroxyl groups excluding tert-OH is 1. The molecule has 0 spiro atoms. The van der Waals surface area contributed by atoms with Gasteiger partial charge in [-0.1, -0.05) is 6.92 Å². The van der Waals surface area contributed by atoms with Crippen molar-refractivity contribution in [3.8, 4) is 0 Å². The summed E-state index contributed by atoms with van der Waals surface area (Å²) >= 11 is 0. The lowest BCUT2D eigenvalue weighted by atomic mass is 10.2. The van der Waals surface area contributed by atoms with Crippen LogP contribution in [0, 0.1) is 10.1 Å². The van der Waals surface area contributed by atoms with Crippen LogP contribution < -0.4 is 10.6 Å². The van der Waals surface area contributed by atoms with Crippen molar-refractivity contribution in [2.45, 2.75) is 13.3 Å². The lowest BCUT2D eigenvalue weighted by Gasteiger charge is -2.09. The van der Waals surface area contributed by atoms with E-state index in [-0.39, 0.29) is 12.3 Å². The van der Waals surface area contributed by atoms with Crippen molar-refractivity contribution in [2.24, 2.45) is 0 Å². The molecule has 0 aliphatic carbocycles. The minimum Gasteiger partial charge on any atom is -0.395 e. The Bertz CT molecular complexity index is 356. The lowest BCUT2D eigenvalue weighted by molar-refractivity contribution is -0.384. The van der Waals surface area contributed by atoms with Gasteiger partial charge in [-0.2, -0.15) is 0 Å². The van der Waals surface area contributed by atoms with E-state index >= 15 is 0 Å². The number of anilines is 2. The highest BCUT2D eigenvalue weighted by atomic mass is 16.6. The van der Waals surface area contributed by atoms with E-state index in [0.717, 1.165) is 13.0 Å². The van der Waals surface area contributed by atoms with Gasteiger partial charge in [0.25, 0.3) is 5.69 Å². The van der Waals surface area contributed by atoms with Crippen molar-refractivity contribution >= 4 is 17.1 Å². The van der Waals surface area contributed by atoms with Crippen LogP contribution in [0.25, 0.3) is 0 Å². The highest BCUT2D eigenvalue weighted by Gasteiger charge is 2.09. The van der Waals surface area contributed by atoms with Crippen molar-refractivity contribution in [3.63, 3.8) is 0 Å². The first-order valence-electron chi connectivity index (χ1n) is 5.55. The zero-order chi connectivity index (χ0) is 12.7. The van der Waals surface area contributed by atoms with Crippen LogP contribution in [0.2, 0.25) is 0 Å². The van der Waals surface area contributed by atoms with Gasteiger partial charge in [0.15, 0.2) is 0 Å². The van der Waals surface area contributed by atoms with Gasteiger partial charge in [0.05, 0.1) is 11.5 Å². The summed E-state index contributed by atoms with van der Waals surface area (Å²) in [4.78, 5) is 10.3. The fraction of sp³-hybridized carbons (Fsp3) is 0.455. The topological polar surface area (TPSA) is 87.4 Å². The smallest absolute Gasteiger partial charge is 0.273 e. The second-order valence-corrected chi connectivity index (χ2v) is 3.60. The van der Waals surface area contributed by atoms with E-state index in [2.05, 4.69) is 10.6 Å². The lowest BCUT2D eigenvalue weighted by Crippen LogP contribution is -2.07. The van der Waals surface area contributed by atoms with Crippen molar-refractivity contribution in [3.05, 3.63) is 28.3 Å². The number of hydrogen-bond acceptors (Lipinski definition) is 5. The molecule has 3 N–H and O–H groups in total. The average Bonchev–Trinajstić information content (AvgIpc) is 2.33. The van der Waals surface area contributed by atoms with Gasteiger partial charge in [0, 0.05) is 36.6 Å². The predicted octanol–water partition coefficient (Wildman–Crippen LogP) is 1.82. The first-order valence-corrected chi connectivity index (χ1v) is 5.55. The minimum atomic E-state index is -0.429. The Hall–Kier alpha value is -1.82. The number of aliphatic hydroxyl groups is 1. The number of rotatable bonds is 7. The molecular formula is C11H17N3O3. The van der Waals surface area contributed by atoms with Gasteiger partial charge in [0.1, 0.15) is 0 Å². The summed E-state index contributed by atoms with van der Waals surface area (Å²) in [5.41, 5.74) is 1.37. The maximum Gasteiger partial charge on any atom is 0.273 e. The molecule has 0 radical (unpaired) electrons. The van der Waals surface area contributed by atoms with Gasteiger partial charge < -0.3 is 15.7 Å². The number of benzene rings is 1. The quantitative estimate of drug-likeness (QED) is 0.499. The highest BCUT2D eigenvalue weighted by molar-refractivity contribution is 5.63. The van der Waals surface area contributed by atoms with Gasteiger partial charge in [0.2, 0.25) is 0 Å². The molecule has 6 heteroatoms. The third kappa shape index (κ3) is 4.28. The van der Waals surface area contributed by atoms with Crippen LogP contribution in [0.1, 0.15) is 13.3 Å². The van der Waals surface area contributed by atoms with Crippen LogP contribution in [0.3, 0.4) is 0 Å². The molecule has 1 aromatic carbocycles. The fourth-order valence-corrected chi connectivity index (χ4v) is 1.39. The van der Waals surface area contributed by atoms with Crippen LogP contribution in [0.15, 0.2) is 18.2 Å². The van der Waals surface area contributed by atoms with E-state index in [4.69, 9.17) is 5.11 Å². The zero-order valence-electron chi connectivity index (χ0n) is 9.77. The van der Waals surface area contributed by atoms with Gasteiger partial charge in [-0.3, -0.25) is 10.1 Å². The van der Waals surface area contributed by atoms with E-state index < -0.39 is 4.92 Å². The van der Waals surface area contributed by atoms with Gasteiger partial charge in [-0.25, -0.2) is 0 Å². The highest BCUT2D eigenvalue weighted by Crippen LogP contribution is 2.24. The number of hydrogen-bond donors (Lipinski definition) is 3. The zero-order valence-corrected chi connectivity index (χ0v) is 9.77. The van der Waals surface area contributed by atoms with E-state index in [1.54, 1.807) is 6.07 Å². The molecule has 0 saturated carbocycles. The van der Waals surface area contributed by atoms with Crippen molar-refractivity contribution in [1.29, 1.82) is 0 Å². The third-order valence-electron chi connectivity index (χ3n) is 2.15. The molecule has 0 atom stereocenters. The molecule has 6 nitrogen and oxygen atoms in total. The first kappa shape index (κ1) is 13.2. The Labute approximate surface area is 99.8 Å². The molecule has 0 aliphatic rings. The Morgan fingerprint density at radius 3 is 2.29 bits per heavy atom. The summed E-state index contributed by atoms with van der Waals surface area (Å²) < 4.78 is 0. The summed E-state index contributed by atoms with van der Waals surface area (Å²) in [6, 6.07) is 4.74. The summed E-state index contributed by atoms with van der Waals surface area (Å²) in [6.07, 6.45) is 0.947. The van der Waals surface area contributed by atoms with Crippen LogP contribution in [0.5, 0.6) is 0 Å². The predicted molar refractivity (Wildman–Crippen MR) is 67.5 cm³/mol. The van der Waals surface area contributed by atoms with Gasteiger partial charge >= 0.3 is 0 Å². The molecule has 1 aromatic rings. The monoisotopic (exact) mass is 239 g/mol. The Morgan fingerprint density at radius 2 is 1.82 bits per heavy atom. The number of nitro groups is 1. The third-order valence-corrected chi connectivity index (χ3v) is 2.15. The van der Waals surface area contributed by atoms with E-state index in [1.807, 2.05) is 6.92 Å². The Balaban J connectivity index is 2.88. The maximum absolute atomic E-state index is 10.8. The van der Waals surface area contributed by atoms with Crippen LogP contribution in [-0.2, 0) is 0 Å². The number of nitrogens with zero attached hydrogens (tertiary/aromatic N) is 1. The molecule has 17 heavy (non-hydrogen) atoms. The number of nitrogens with one attached hydrogen (secondary N) is 2. The standard InChI is InChI=1S/C11H17N3O3/c1-2-3-12-9-6-10(13-4-5-15)8-11(7-9)14(16)17/h6-8,12-13,15H,2-5H2,1H3. The number of non-ortho nitro benzene ring substituents is 1. The van der Waals surface area contributed by atoms with Gasteiger partial charge in [-0.15, -0.1) is 0 Å². The molecule has 1 rings (SSSR count). The fourth-order valence-electron chi connectivity index (χ4n) is 1.39. The van der Waals surface area contributed by atoms with E-state index in [9.17, 15) is 10.1 Å². The molecule has 0 amide bonds. The molecule has 0 heterocycles. The summed E-state index contributed by atoms with van der Waals surface area (Å²) in [5.74, 6) is 0. The first-order chi connectivity index (χ1) is 8.17. The van der Waals surface area contributed by atoms with E-state index in [1.165, 1.54) is 12.1 Å². The van der Waals surface area contributed by atoms with Crippen LogP contribution in [-0.4, -0.2) is 29.7 Å². The van der Waals surface area contributed by atoms with E-state index in [0.29, 0.717) is 17.9 Å². The van der Waals surface area contributed by atoms with Crippen molar-refractivity contribution in [2.75, 3.05) is 30.3 Å². The molecular weight excluding hydrogens is 222 g/mol. The molecule has 0 bridgehead atoms. The van der Waals surface area contributed by atoms with Gasteiger partial charge in [-0.05, 0) is 12.5 Å². The average molecular weight is 239 g/mol. The summed E-state index contributed by atoms with van der Waals surface area (Å²) in [5, 5.41) is 25.5. The largest absolute Gasteiger partial charge is 0.395 e. The summed E-state index contributed by atoms with van der Waals surface area (Å²) in [7, 11) is 0. The minimum absolute atomic E-state index is 0.0135. The van der Waals surface area contributed by atoms with Crippen LogP contribution >= 0.6 is 0 Å². The van der Waals surface area contributed by atoms with Crippen LogP contribution in [0.4, 0.5) is 17.1 Å². The second kappa shape index (κ2) is 6.70. The maximum atomic E-state index is 10.8. The molecule has 94 valence electrons. The number of nitro benzene ring substituents is 1. The Kier molecular flexibility index (Phi) is 5.22. The Morgan fingerprint density at radius 1 is 1.24 bits per heavy atom. The normalized spacial score (nSPS) is 10.0. The second-order valence-electron chi connectivity index (χ2n) is 3.60. The van der Waals surface area contributed by atoms with Crippen molar-refractivity contribution < 1.29 is 10.0 Å². The molecule has 0 aliphatic heterocycles. The SMILES string of the molecule is CCCNc1cc(NCCO)cc([N+](=O)[O-])c1. The molecule has 0 unspecified atom stereocenters.